The van der Waals surface area contributed by atoms with Crippen LogP contribution in [0.4, 0.5) is 0 Å². The van der Waals surface area contributed by atoms with Gasteiger partial charge < -0.3 is 4.74 Å². The number of hydrogen-bond acceptors (Lipinski definition) is 1. The highest BCUT2D eigenvalue weighted by atomic mass is 16.5. The van der Waals surface area contributed by atoms with E-state index in [0.717, 1.165) is 18.6 Å². The van der Waals surface area contributed by atoms with Crippen LogP contribution in [0.3, 0.4) is 0 Å². The number of ether oxygens (including phenoxy) is 1. The SMILES string of the molecule is CCCC1Oc2ccccc2-c2ccccc21. The number of hydrogen-bond donors (Lipinski definition) is 0. The Balaban J connectivity index is 2.15. The molecule has 0 saturated heterocycles. The fraction of sp³-hybridized carbons (Fsp3) is 0.250. The van der Waals surface area contributed by atoms with Crippen LogP contribution in [0.2, 0.25) is 0 Å². The maximum Gasteiger partial charge on any atom is 0.128 e. The molecule has 0 spiro atoms. The molecule has 0 fully saturated rings. The van der Waals surface area contributed by atoms with Crippen molar-refractivity contribution in [3.63, 3.8) is 0 Å². The van der Waals surface area contributed by atoms with Gasteiger partial charge in [0, 0.05) is 11.1 Å². The molecule has 0 aliphatic carbocycles. The normalized spacial score (nSPS) is 16.9. The molecule has 0 bridgehead atoms. The summed E-state index contributed by atoms with van der Waals surface area (Å²) >= 11 is 0. The van der Waals surface area contributed by atoms with Crippen molar-refractivity contribution in [3.05, 3.63) is 54.1 Å². The van der Waals surface area contributed by atoms with Gasteiger partial charge in [-0.05, 0) is 18.1 Å². The lowest BCUT2D eigenvalue weighted by Crippen LogP contribution is -2.13. The van der Waals surface area contributed by atoms with Crippen LogP contribution < -0.4 is 4.74 Å². The summed E-state index contributed by atoms with van der Waals surface area (Å²) in [6.07, 6.45) is 2.43. The Labute approximate surface area is 102 Å². The van der Waals surface area contributed by atoms with Gasteiger partial charge in [-0.2, -0.15) is 0 Å². The molecule has 0 radical (unpaired) electrons. The molecule has 1 heteroatoms. The van der Waals surface area contributed by atoms with Gasteiger partial charge in [-0.15, -0.1) is 0 Å². The Morgan fingerprint density at radius 3 is 2.47 bits per heavy atom. The van der Waals surface area contributed by atoms with Crippen molar-refractivity contribution in [2.24, 2.45) is 0 Å². The van der Waals surface area contributed by atoms with E-state index < -0.39 is 0 Å². The molecule has 3 rings (SSSR count). The van der Waals surface area contributed by atoms with E-state index in [1.54, 1.807) is 0 Å². The minimum Gasteiger partial charge on any atom is -0.485 e. The Bertz CT molecular complexity index is 531. The van der Waals surface area contributed by atoms with E-state index in [-0.39, 0.29) is 6.10 Å². The lowest BCUT2D eigenvalue weighted by molar-refractivity contribution is 0.190. The molecule has 0 saturated carbocycles. The van der Waals surface area contributed by atoms with E-state index in [9.17, 15) is 0 Å². The average molecular weight is 224 g/mol. The first-order valence-electron chi connectivity index (χ1n) is 6.25. The zero-order chi connectivity index (χ0) is 11.7. The summed E-state index contributed by atoms with van der Waals surface area (Å²) in [6.45, 7) is 2.20. The van der Waals surface area contributed by atoms with Crippen molar-refractivity contribution >= 4 is 0 Å². The summed E-state index contributed by atoms with van der Waals surface area (Å²) in [5.41, 5.74) is 3.87. The summed E-state index contributed by atoms with van der Waals surface area (Å²) in [6, 6.07) is 16.9. The lowest BCUT2D eigenvalue weighted by atomic mass is 9.91. The van der Waals surface area contributed by atoms with Crippen molar-refractivity contribution in [1.82, 2.24) is 0 Å². The van der Waals surface area contributed by atoms with Gasteiger partial charge in [0.05, 0.1) is 0 Å². The molecular formula is C16H16O. The second-order valence-corrected chi connectivity index (χ2v) is 4.48. The van der Waals surface area contributed by atoms with Gasteiger partial charge in [-0.3, -0.25) is 0 Å². The van der Waals surface area contributed by atoms with E-state index in [1.807, 2.05) is 6.07 Å². The third-order valence-corrected chi connectivity index (χ3v) is 3.30. The molecule has 0 aromatic heterocycles. The van der Waals surface area contributed by atoms with Crippen LogP contribution in [0.25, 0.3) is 11.1 Å². The van der Waals surface area contributed by atoms with Gasteiger partial charge in [0.25, 0.3) is 0 Å². The standard InChI is InChI=1S/C16H16O/c1-2-7-15-13-9-4-3-8-12(13)14-10-5-6-11-16(14)17-15/h3-6,8-11,15H,2,7H2,1H3. The van der Waals surface area contributed by atoms with Crippen LogP contribution in [0.1, 0.15) is 31.4 Å². The number of para-hydroxylation sites is 1. The van der Waals surface area contributed by atoms with Crippen LogP contribution in [-0.2, 0) is 0 Å². The molecule has 1 nitrogen and oxygen atoms in total. The predicted octanol–water partition coefficient (Wildman–Crippen LogP) is 4.59. The van der Waals surface area contributed by atoms with E-state index in [1.165, 1.54) is 16.7 Å². The molecule has 2 aromatic carbocycles. The molecule has 1 unspecified atom stereocenters. The van der Waals surface area contributed by atoms with Crippen LogP contribution in [0, 0.1) is 0 Å². The van der Waals surface area contributed by atoms with Gasteiger partial charge in [0.15, 0.2) is 0 Å². The Morgan fingerprint density at radius 1 is 0.941 bits per heavy atom. The first kappa shape index (κ1) is 10.4. The van der Waals surface area contributed by atoms with Crippen LogP contribution >= 0.6 is 0 Å². The van der Waals surface area contributed by atoms with Crippen molar-refractivity contribution in [2.75, 3.05) is 0 Å². The minimum absolute atomic E-state index is 0.214. The van der Waals surface area contributed by atoms with E-state index in [0.29, 0.717) is 0 Å². The van der Waals surface area contributed by atoms with Gasteiger partial charge in [0.2, 0.25) is 0 Å². The fourth-order valence-corrected chi connectivity index (χ4v) is 2.51. The zero-order valence-corrected chi connectivity index (χ0v) is 10.0. The Morgan fingerprint density at radius 2 is 1.65 bits per heavy atom. The second kappa shape index (κ2) is 4.25. The Kier molecular flexibility index (Phi) is 2.60. The molecule has 0 N–H and O–H groups in total. The molecule has 0 amide bonds. The topological polar surface area (TPSA) is 9.23 Å². The highest BCUT2D eigenvalue weighted by Gasteiger charge is 2.24. The largest absolute Gasteiger partial charge is 0.485 e. The third-order valence-electron chi connectivity index (χ3n) is 3.30. The van der Waals surface area contributed by atoms with Crippen molar-refractivity contribution in [3.8, 4) is 16.9 Å². The van der Waals surface area contributed by atoms with Crippen LogP contribution in [0.5, 0.6) is 5.75 Å². The summed E-state index contributed by atoms with van der Waals surface area (Å²) in [7, 11) is 0. The third kappa shape index (κ3) is 1.72. The monoisotopic (exact) mass is 224 g/mol. The Hall–Kier alpha value is -1.76. The van der Waals surface area contributed by atoms with Gasteiger partial charge in [-0.1, -0.05) is 55.8 Å². The van der Waals surface area contributed by atoms with Gasteiger partial charge in [0.1, 0.15) is 11.9 Å². The van der Waals surface area contributed by atoms with Gasteiger partial charge >= 0.3 is 0 Å². The fourth-order valence-electron chi connectivity index (χ4n) is 2.51. The van der Waals surface area contributed by atoms with Crippen LogP contribution in [-0.4, -0.2) is 0 Å². The summed E-state index contributed by atoms with van der Waals surface area (Å²) < 4.78 is 6.10. The first-order chi connectivity index (χ1) is 8.40. The van der Waals surface area contributed by atoms with E-state index >= 15 is 0 Å². The minimum atomic E-state index is 0.214. The number of rotatable bonds is 2. The molecule has 1 aliphatic rings. The predicted molar refractivity (Wildman–Crippen MR) is 70.2 cm³/mol. The molecule has 2 aromatic rings. The van der Waals surface area contributed by atoms with Crippen molar-refractivity contribution < 1.29 is 4.74 Å². The number of fused-ring (bicyclic) bond motifs is 3. The average Bonchev–Trinajstić information content (AvgIpc) is 2.39. The molecule has 1 heterocycles. The van der Waals surface area contributed by atoms with Gasteiger partial charge in [-0.25, -0.2) is 0 Å². The van der Waals surface area contributed by atoms with Crippen LogP contribution in [0.15, 0.2) is 48.5 Å². The molecular weight excluding hydrogens is 208 g/mol. The summed E-state index contributed by atoms with van der Waals surface area (Å²) in [4.78, 5) is 0. The summed E-state index contributed by atoms with van der Waals surface area (Å²) in [5.74, 6) is 1.02. The second-order valence-electron chi connectivity index (χ2n) is 4.48. The molecule has 1 atom stereocenters. The molecule has 86 valence electrons. The van der Waals surface area contributed by atoms with E-state index in [4.69, 9.17) is 4.74 Å². The highest BCUT2D eigenvalue weighted by molar-refractivity contribution is 5.75. The lowest BCUT2D eigenvalue weighted by Gasteiger charge is -2.28. The number of benzene rings is 2. The van der Waals surface area contributed by atoms with Crippen molar-refractivity contribution in [1.29, 1.82) is 0 Å². The highest BCUT2D eigenvalue weighted by Crippen LogP contribution is 2.43. The van der Waals surface area contributed by atoms with E-state index in [2.05, 4.69) is 49.4 Å². The quantitative estimate of drug-likeness (QED) is 0.725. The maximum absolute atomic E-state index is 6.10. The molecule has 17 heavy (non-hydrogen) atoms. The zero-order valence-electron chi connectivity index (χ0n) is 10.0. The molecule has 1 aliphatic heterocycles. The first-order valence-corrected chi connectivity index (χ1v) is 6.25. The summed E-state index contributed by atoms with van der Waals surface area (Å²) in [5, 5.41) is 0. The maximum atomic E-state index is 6.10. The van der Waals surface area contributed by atoms with Crippen molar-refractivity contribution in [2.45, 2.75) is 25.9 Å². The smallest absolute Gasteiger partial charge is 0.128 e.